The van der Waals surface area contributed by atoms with Crippen LogP contribution in [0.15, 0.2) is 34.7 Å². The second-order valence-corrected chi connectivity index (χ2v) is 4.98. The molecule has 0 unspecified atom stereocenters. The van der Waals surface area contributed by atoms with Crippen LogP contribution < -0.4 is 5.73 Å². The lowest BCUT2D eigenvalue weighted by Crippen LogP contribution is -1.95. The lowest BCUT2D eigenvalue weighted by Gasteiger charge is -1.99. The first-order valence-corrected chi connectivity index (χ1v) is 6.38. The number of nitrogens with zero attached hydrogens (tertiary/aromatic N) is 2. The molecule has 0 radical (unpaired) electrons. The molecule has 0 saturated heterocycles. The number of anilines is 1. The molecule has 0 fully saturated rings. The van der Waals surface area contributed by atoms with Gasteiger partial charge in [0.15, 0.2) is 5.58 Å². The maximum atomic E-state index is 11.0. The molecule has 0 amide bonds. The highest BCUT2D eigenvalue weighted by Crippen LogP contribution is 2.31. The van der Waals surface area contributed by atoms with Gasteiger partial charge in [-0.15, -0.1) is 0 Å². The molecule has 2 N–H and O–H groups in total. The highest BCUT2D eigenvalue weighted by Gasteiger charge is 2.16. The van der Waals surface area contributed by atoms with E-state index in [0.717, 1.165) is 16.6 Å². The highest BCUT2D eigenvalue weighted by molar-refractivity contribution is 5.80. The van der Waals surface area contributed by atoms with Crippen LogP contribution in [0.3, 0.4) is 0 Å². The van der Waals surface area contributed by atoms with Gasteiger partial charge in [-0.25, -0.2) is 4.98 Å². The number of nitro benzene ring substituents is 1. The average molecular weight is 283 g/mol. The number of aromatic nitrogens is 1. The fourth-order valence-electron chi connectivity index (χ4n) is 2.33. The van der Waals surface area contributed by atoms with E-state index < -0.39 is 4.92 Å². The number of nitro groups is 1. The molecule has 0 aliphatic rings. The number of nitrogen functional groups attached to an aromatic ring is 1. The molecular weight excluding hydrogens is 270 g/mol. The first-order valence-electron chi connectivity index (χ1n) is 6.38. The van der Waals surface area contributed by atoms with Crippen molar-refractivity contribution < 1.29 is 9.34 Å². The predicted octanol–water partition coefficient (Wildman–Crippen LogP) is 3.60. The van der Waals surface area contributed by atoms with E-state index in [1.165, 1.54) is 12.1 Å². The smallest absolute Gasteiger partial charge is 0.292 e. The summed E-state index contributed by atoms with van der Waals surface area (Å²) in [6.07, 6.45) is 0. The van der Waals surface area contributed by atoms with Crippen LogP contribution in [0.4, 0.5) is 11.4 Å². The van der Waals surface area contributed by atoms with Crippen LogP contribution in [-0.2, 0) is 0 Å². The number of benzene rings is 2. The van der Waals surface area contributed by atoms with E-state index in [4.69, 9.17) is 10.2 Å². The van der Waals surface area contributed by atoms with Gasteiger partial charge in [0.2, 0.25) is 5.89 Å². The van der Waals surface area contributed by atoms with Gasteiger partial charge < -0.3 is 10.2 Å². The van der Waals surface area contributed by atoms with Gasteiger partial charge in [-0.05, 0) is 43.2 Å². The van der Waals surface area contributed by atoms with Crippen molar-refractivity contribution in [3.63, 3.8) is 0 Å². The second kappa shape index (κ2) is 4.59. The third-order valence-corrected chi connectivity index (χ3v) is 3.29. The van der Waals surface area contributed by atoms with E-state index in [1.807, 2.05) is 26.0 Å². The SMILES string of the molecule is Cc1cc(C)c2oc(-c3ccc(N)c([N+](=O)[O-])c3)nc2c1. The van der Waals surface area contributed by atoms with E-state index in [0.29, 0.717) is 17.0 Å². The summed E-state index contributed by atoms with van der Waals surface area (Å²) in [7, 11) is 0. The third-order valence-electron chi connectivity index (χ3n) is 3.29. The molecule has 3 rings (SSSR count). The van der Waals surface area contributed by atoms with E-state index in [2.05, 4.69) is 4.98 Å². The molecule has 0 atom stereocenters. The molecule has 2 aromatic carbocycles. The summed E-state index contributed by atoms with van der Waals surface area (Å²) in [4.78, 5) is 14.8. The molecule has 0 aliphatic carbocycles. The molecule has 1 aromatic heterocycles. The van der Waals surface area contributed by atoms with Crippen LogP contribution in [0.2, 0.25) is 0 Å². The lowest BCUT2D eigenvalue weighted by molar-refractivity contribution is -0.383. The quantitative estimate of drug-likeness (QED) is 0.440. The van der Waals surface area contributed by atoms with Crippen molar-refractivity contribution >= 4 is 22.5 Å². The Morgan fingerprint density at radius 1 is 1.24 bits per heavy atom. The topological polar surface area (TPSA) is 95.2 Å². The number of fused-ring (bicyclic) bond motifs is 1. The number of hydrogen-bond donors (Lipinski definition) is 1. The lowest BCUT2D eigenvalue weighted by atomic mass is 10.1. The molecule has 106 valence electrons. The van der Waals surface area contributed by atoms with Crippen molar-refractivity contribution in [3.05, 3.63) is 51.6 Å². The van der Waals surface area contributed by atoms with Gasteiger partial charge in [0.05, 0.1) is 4.92 Å². The molecule has 0 saturated carbocycles. The fraction of sp³-hybridized carbons (Fsp3) is 0.133. The molecule has 0 aliphatic heterocycles. The van der Waals surface area contributed by atoms with Gasteiger partial charge in [0.1, 0.15) is 11.2 Å². The van der Waals surface area contributed by atoms with Crippen molar-refractivity contribution in [1.82, 2.24) is 4.98 Å². The molecule has 3 aromatic rings. The van der Waals surface area contributed by atoms with Crippen LogP contribution in [-0.4, -0.2) is 9.91 Å². The van der Waals surface area contributed by atoms with Gasteiger partial charge >= 0.3 is 0 Å². The van der Waals surface area contributed by atoms with Crippen molar-refractivity contribution in [3.8, 4) is 11.5 Å². The molecular formula is C15H13N3O3. The maximum absolute atomic E-state index is 11.0. The molecule has 6 nitrogen and oxygen atoms in total. The summed E-state index contributed by atoms with van der Waals surface area (Å²) in [5.74, 6) is 0.349. The number of aryl methyl sites for hydroxylation is 2. The minimum absolute atomic E-state index is 0.117. The second-order valence-electron chi connectivity index (χ2n) is 4.98. The van der Waals surface area contributed by atoms with E-state index >= 15 is 0 Å². The molecule has 0 bridgehead atoms. The van der Waals surface area contributed by atoms with Gasteiger partial charge in [-0.1, -0.05) is 6.07 Å². The zero-order valence-corrected chi connectivity index (χ0v) is 11.6. The van der Waals surface area contributed by atoms with Gasteiger partial charge in [-0.2, -0.15) is 0 Å². The minimum Gasteiger partial charge on any atom is -0.436 e. The van der Waals surface area contributed by atoms with E-state index in [1.54, 1.807) is 6.07 Å². The summed E-state index contributed by atoms with van der Waals surface area (Å²) in [5.41, 5.74) is 9.59. The summed E-state index contributed by atoms with van der Waals surface area (Å²) in [6.45, 7) is 3.92. The van der Waals surface area contributed by atoms with Crippen LogP contribution in [0.25, 0.3) is 22.6 Å². The average Bonchev–Trinajstić information content (AvgIpc) is 2.83. The number of hydrogen-bond acceptors (Lipinski definition) is 5. The summed E-state index contributed by atoms with van der Waals surface area (Å²) < 4.78 is 5.74. The summed E-state index contributed by atoms with van der Waals surface area (Å²) >= 11 is 0. The summed E-state index contributed by atoms with van der Waals surface area (Å²) in [5, 5.41) is 11.0. The van der Waals surface area contributed by atoms with Gasteiger partial charge in [-0.3, -0.25) is 10.1 Å². The molecule has 1 heterocycles. The standard InChI is InChI=1S/C15H13N3O3/c1-8-5-9(2)14-12(6-8)17-15(21-14)10-3-4-11(16)13(7-10)18(19)20/h3-7H,16H2,1-2H3. The fourth-order valence-corrected chi connectivity index (χ4v) is 2.33. The van der Waals surface area contributed by atoms with Crippen LogP contribution in [0.1, 0.15) is 11.1 Å². The first-order chi connectivity index (χ1) is 9.95. The minimum atomic E-state index is -0.517. The number of oxazole rings is 1. The van der Waals surface area contributed by atoms with Crippen molar-refractivity contribution in [2.75, 3.05) is 5.73 Å². The van der Waals surface area contributed by atoms with Gasteiger partial charge in [0, 0.05) is 11.6 Å². The zero-order chi connectivity index (χ0) is 15.1. The molecule has 21 heavy (non-hydrogen) atoms. The van der Waals surface area contributed by atoms with Crippen LogP contribution >= 0.6 is 0 Å². The Kier molecular flexibility index (Phi) is 2.86. The Morgan fingerprint density at radius 3 is 2.71 bits per heavy atom. The third kappa shape index (κ3) is 2.20. The van der Waals surface area contributed by atoms with Crippen LogP contribution in [0.5, 0.6) is 0 Å². The van der Waals surface area contributed by atoms with E-state index in [-0.39, 0.29) is 11.4 Å². The molecule has 0 spiro atoms. The Morgan fingerprint density at radius 2 is 2.00 bits per heavy atom. The van der Waals surface area contributed by atoms with E-state index in [9.17, 15) is 10.1 Å². The Bertz CT molecular complexity index is 868. The number of nitrogens with two attached hydrogens (primary N) is 1. The van der Waals surface area contributed by atoms with Gasteiger partial charge in [0.25, 0.3) is 5.69 Å². The highest BCUT2D eigenvalue weighted by atomic mass is 16.6. The number of rotatable bonds is 2. The Hall–Kier alpha value is -2.89. The first kappa shape index (κ1) is 13.1. The van der Waals surface area contributed by atoms with Crippen LogP contribution in [0, 0.1) is 24.0 Å². The molecule has 6 heteroatoms. The Balaban J connectivity index is 2.19. The largest absolute Gasteiger partial charge is 0.436 e. The van der Waals surface area contributed by atoms with Crippen molar-refractivity contribution in [1.29, 1.82) is 0 Å². The summed E-state index contributed by atoms with van der Waals surface area (Å²) in [6, 6.07) is 8.45. The monoisotopic (exact) mass is 283 g/mol. The Labute approximate surface area is 120 Å². The predicted molar refractivity (Wildman–Crippen MR) is 80.0 cm³/mol. The zero-order valence-electron chi connectivity index (χ0n) is 11.6. The van der Waals surface area contributed by atoms with Crippen molar-refractivity contribution in [2.45, 2.75) is 13.8 Å². The maximum Gasteiger partial charge on any atom is 0.292 e. The normalized spacial score (nSPS) is 11.0. The van der Waals surface area contributed by atoms with Crippen molar-refractivity contribution in [2.24, 2.45) is 0 Å².